The molecular formula is C20H12Cl4O3. The molecule has 0 saturated heterocycles. The van der Waals surface area contributed by atoms with Crippen LogP contribution in [0.4, 0.5) is 0 Å². The van der Waals surface area contributed by atoms with Crippen molar-refractivity contribution in [3.05, 3.63) is 86.0 Å². The molecule has 0 bridgehead atoms. The minimum atomic E-state index is -0.528. The zero-order chi connectivity index (χ0) is 19.4. The van der Waals surface area contributed by atoms with Crippen molar-refractivity contribution >= 4 is 58.4 Å². The highest BCUT2D eigenvalue weighted by atomic mass is 35.5. The van der Waals surface area contributed by atoms with Gasteiger partial charge in [0, 0.05) is 21.7 Å². The van der Waals surface area contributed by atoms with E-state index in [-0.39, 0.29) is 6.61 Å². The van der Waals surface area contributed by atoms with Crippen LogP contribution < -0.4 is 0 Å². The first-order chi connectivity index (χ1) is 12.9. The average molecular weight is 442 g/mol. The molecule has 2 aromatic carbocycles. The van der Waals surface area contributed by atoms with Crippen LogP contribution in [0.2, 0.25) is 20.1 Å². The van der Waals surface area contributed by atoms with E-state index in [4.69, 9.17) is 55.6 Å². The van der Waals surface area contributed by atoms with E-state index in [1.54, 1.807) is 54.6 Å². The molecule has 0 aliphatic rings. The van der Waals surface area contributed by atoms with E-state index in [0.717, 1.165) is 0 Å². The predicted octanol–water partition coefficient (Wildman–Crippen LogP) is 7.32. The average Bonchev–Trinajstić information content (AvgIpc) is 3.10. The number of carbonyl (C=O) groups excluding carboxylic acids is 1. The third-order valence-electron chi connectivity index (χ3n) is 3.60. The monoisotopic (exact) mass is 440 g/mol. The molecule has 1 aromatic heterocycles. The summed E-state index contributed by atoms with van der Waals surface area (Å²) in [4.78, 5) is 11.9. The van der Waals surface area contributed by atoms with Gasteiger partial charge in [-0.15, -0.1) is 0 Å². The molecule has 3 nitrogen and oxygen atoms in total. The Kier molecular flexibility index (Phi) is 6.51. The van der Waals surface area contributed by atoms with Crippen molar-refractivity contribution in [1.82, 2.24) is 0 Å². The maximum Gasteiger partial charge on any atom is 0.331 e. The number of esters is 1. The molecule has 0 atom stereocenters. The Morgan fingerprint density at radius 2 is 1.81 bits per heavy atom. The van der Waals surface area contributed by atoms with Crippen LogP contribution >= 0.6 is 46.4 Å². The minimum absolute atomic E-state index is 0.0181. The number of benzene rings is 2. The number of furan rings is 1. The number of carbonyl (C=O) groups is 1. The molecule has 0 unspecified atom stereocenters. The van der Waals surface area contributed by atoms with Crippen molar-refractivity contribution in [3.63, 3.8) is 0 Å². The largest absolute Gasteiger partial charge is 0.457 e. The molecule has 0 fully saturated rings. The molecule has 7 heteroatoms. The van der Waals surface area contributed by atoms with Crippen LogP contribution in [-0.4, -0.2) is 5.97 Å². The molecule has 138 valence electrons. The number of hydrogen-bond donors (Lipinski definition) is 0. The standard InChI is InChI=1S/C20H12Cl4O3/c21-13-6-4-12(17(23)10-13)5-9-19(25)26-11-14-7-8-18(27-14)15-2-1-3-16(22)20(15)24/h1-10H,11H2. The van der Waals surface area contributed by atoms with Crippen molar-refractivity contribution in [2.75, 3.05) is 0 Å². The van der Waals surface area contributed by atoms with Gasteiger partial charge in [0.05, 0.1) is 10.0 Å². The lowest BCUT2D eigenvalue weighted by atomic mass is 10.2. The first kappa shape index (κ1) is 19.8. The maximum absolute atomic E-state index is 11.9. The first-order valence-electron chi connectivity index (χ1n) is 7.77. The van der Waals surface area contributed by atoms with Crippen LogP contribution in [0.25, 0.3) is 17.4 Å². The molecule has 27 heavy (non-hydrogen) atoms. The molecule has 3 aromatic rings. The molecule has 0 aliphatic heterocycles. The summed E-state index contributed by atoms with van der Waals surface area (Å²) in [5.41, 5.74) is 1.33. The highest BCUT2D eigenvalue weighted by Gasteiger charge is 2.11. The second-order valence-corrected chi connectivity index (χ2v) is 7.10. The molecule has 1 heterocycles. The van der Waals surface area contributed by atoms with Crippen molar-refractivity contribution < 1.29 is 13.9 Å². The van der Waals surface area contributed by atoms with Gasteiger partial charge in [0.25, 0.3) is 0 Å². The highest BCUT2D eigenvalue weighted by molar-refractivity contribution is 6.43. The summed E-state index contributed by atoms with van der Waals surface area (Å²) in [6.45, 7) is -0.0181. The van der Waals surface area contributed by atoms with Gasteiger partial charge in [-0.05, 0) is 48.0 Å². The second-order valence-electron chi connectivity index (χ2n) is 5.47. The summed E-state index contributed by atoms with van der Waals surface area (Å²) in [7, 11) is 0. The van der Waals surface area contributed by atoms with Crippen LogP contribution in [0.1, 0.15) is 11.3 Å². The fraction of sp³-hybridized carbons (Fsp3) is 0.0500. The predicted molar refractivity (Wildman–Crippen MR) is 109 cm³/mol. The van der Waals surface area contributed by atoms with E-state index in [0.29, 0.717) is 42.7 Å². The molecule has 0 radical (unpaired) electrons. The maximum atomic E-state index is 11.9. The fourth-order valence-electron chi connectivity index (χ4n) is 2.28. The summed E-state index contributed by atoms with van der Waals surface area (Å²) in [5, 5.41) is 1.80. The van der Waals surface area contributed by atoms with Gasteiger partial charge in [0.1, 0.15) is 18.1 Å². The Hall–Kier alpha value is -1.91. The number of ether oxygens (including phenoxy) is 1. The van der Waals surface area contributed by atoms with Gasteiger partial charge in [0.2, 0.25) is 0 Å². The Bertz CT molecular complexity index is 1010. The van der Waals surface area contributed by atoms with Gasteiger partial charge >= 0.3 is 5.97 Å². The summed E-state index contributed by atoms with van der Waals surface area (Å²) >= 11 is 24.1. The third-order valence-corrected chi connectivity index (χ3v) is 4.98. The lowest BCUT2D eigenvalue weighted by Gasteiger charge is -2.03. The normalized spacial score (nSPS) is 11.1. The summed E-state index contributed by atoms with van der Waals surface area (Å²) < 4.78 is 10.8. The van der Waals surface area contributed by atoms with E-state index < -0.39 is 5.97 Å². The van der Waals surface area contributed by atoms with Crippen molar-refractivity contribution in [1.29, 1.82) is 0 Å². The molecular weight excluding hydrogens is 430 g/mol. The van der Waals surface area contributed by atoms with E-state index in [1.807, 2.05) is 0 Å². The van der Waals surface area contributed by atoms with Crippen molar-refractivity contribution in [2.45, 2.75) is 6.61 Å². The van der Waals surface area contributed by atoms with E-state index in [9.17, 15) is 4.79 Å². The molecule has 0 saturated carbocycles. The molecule has 0 N–H and O–H groups in total. The zero-order valence-electron chi connectivity index (χ0n) is 13.7. The molecule has 3 rings (SSSR count). The van der Waals surface area contributed by atoms with Crippen LogP contribution in [0, 0.1) is 0 Å². The van der Waals surface area contributed by atoms with Gasteiger partial charge in [0.15, 0.2) is 0 Å². The Morgan fingerprint density at radius 3 is 2.59 bits per heavy atom. The van der Waals surface area contributed by atoms with Gasteiger partial charge in [-0.1, -0.05) is 58.5 Å². The van der Waals surface area contributed by atoms with Crippen LogP contribution in [-0.2, 0) is 16.1 Å². The summed E-state index contributed by atoms with van der Waals surface area (Å²) in [5.74, 6) is 0.490. The number of halogens is 4. The Labute approximate surface area is 176 Å². The Morgan fingerprint density at radius 1 is 1.00 bits per heavy atom. The highest BCUT2D eigenvalue weighted by Crippen LogP contribution is 2.34. The molecule has 0 spiro atoms. The topological polar surface area (TPSA) is 39.4 Å². The third kappa shape index (κ3) is 5.08. The lowest BCUT2D eigenvalue weighted by Crippen LogP contribution is -1.99. The quantitative estimate of drug-likeness (QED) is 0.307. The van der Waals surface area contributed by atoms with Crippen molar-refractivity contribution in [3.8, 4) is 11.3 Å². The first-order valence-corrected chi connectivity index (χ1v) is 9.28. The smallest absolute Gasteiger partial charge is 0.331 e. The van der Waals surface area contributed by atoms with Crippen LogP contribution in [0.15, 0.2) is 59.0 Å². The lowest BCUT2D eigenvalue weighted by molar-refractivity contribution is -0.139. The van der Waals surface area contributed by atoms with Gasteiger partial charge < -0.3 is 9.15 Å². The zero-order valence-corrected chi connectivity index (χ0v) is 16.7. The van der Waals surface area contributed by atoms with Gasteiger partial charge in [-0.2, -0.15) is 0 Å². The molecule has 0 aliphatic carbocycles. The summed E-state index contributed by atoms with van der Waals surface area (Å²) in [6, 6.07) is 13.7. The van der Waals surface area contributed by atoms with Gasteiger partial charge in [-0.25, -0.2) is 4.79 Å². The van der Waals surface area contributed by atoms with Crippen LogP contribution in [0.5, 0.6) is 0 Å². The Balaban J connectivity index is 1.62. The van der Waals surface area contributed by atoms with E-state index in [2.05, 4.69) is 0 Å². The van der Waals surface area contributed by atoms with Gasteiger partial charge in [-0.3, -0.25) is 0 Å². The van der Waals surface area contributed by atoms with E-state index >= 15 is 0 Å². The molecule has 0 amide bonds. The minimum Gasteiger partial charge on any atom is -0.457 e. The fourth-order valence-corrected chi connectivity index (χ4v) is 3.14. The van der Waals surface area contributed by atoms with Crippen LogP contribution in [0.3, 0.4) is 0 Å². The SMILES string of the molecule is O=C(C=Cc1ccc(Cl)cc1Cl)OCc1ccc(-c2cccc(Cl)c2Cl)o1. The second kappa shape index (κ2) is 8.85. The van der Waals surface area contributed by atoms with Crippen molar-refractivity contribution in [2.24, 2.45) is 0 Å². The number of hydrogen-bond acceptors (Lipinski definition) is 3. The summed E-state index contributed by atoms with van der Waals surface area (Å²) in [6.07, 6.45) is 2.84. The number of rotatable bonds is 5. The van der Waals surface area contributed by atoms with E-state index in [1.165, 1.54) is 6.08 Å².